The Bertz CT molecular complexity index is 641. The van der Waals surface area contributed by atoms with Gasteiger partial charge >= 0.3 is 0 Å². The Morgan fingerprint density at radius 1 is 1.26 bits per heavy atom. The molecule has 4 atom stereocenters. The molecule has 5 heteroatoms. The van der Waals surface area contributed by atoms with Gasteiger partial charge in [-0.15, -0.1) is 0 Å². The largest absolute Gasteiger partial charge is 0.396 e. The molecule has 2 aliphatic carbocycles. The van der Waals surface area contributed by atoms with E-state index in [0.29, 0.717) is 17.2 Å². The lowest BCUT2D eigenvalue weighted by Gasteiger charge is -2.13. The maximum Gasteiger partial charge on any atom is 0.251 e. The highest BCUT2D eigenvalue weighted by Crippen LogP contribution is 2.38. The van der Waals surface area contributed by atoms with E-state index in [4.69, 9.17) is 5.11 Å². The van der Waals surface area contributed by atoms with Gasteiger partial charge in [0.15, 0.2) is 0 Å². The number of benzene rings is 1. The average molecular weight is 314 g/mol. The first-order chi connectivity index (χ1) is 11.1. The van der Waals surface area contributed by atoms with E-state index in [-0.39, 0.29) is 36.3 Å². The van der Waals surface area contributed by atoms with Crippen LogP contribution in [0.5, 0.6) is 0 Å². The molecular formula is C18H22N2O3. The fraction of sp³-hybridized carbons (Fsp3) is 0.444. The van der Waals surface area contributed by atoms with Crippen molar-refractivity contribution in [2.75, 3.05) is 11.9 Å². The van der Waals surface area contributed by atoms with Gasteiger partial charge in [0.1, 0.15) is 0 Å². The van der Waals surface area contributed by atoms with Crippen molar-refractivity contribution in [1.82, 2.24) is 5.32 Å². The zero-order valence-electron chi connectivity index (χ0n) is 13.2. The van der Waals surface area contributed by atoms with Crippen LogP contribution in [0.3, 0.4) is 0 Å². The normalized spacial score (nSPS) is 28.4. The van der Waals surface area contributed by atoms with Crippen LogP contribution < -0.4 is 10.6 Å². The summed E-state index contributed by atoms with van der Waals surface area (Å²) in [6.07, 6.45) is 5.50. The minimum atomic E-state index is -0.172. The first-order valence-corrected chi connectivity index (χ1v) is 8.08. The lowest BCUT2D eigenvalue weighted by Crippen LogP contribution is -2.33. The van der Waals surface area contributed by atoms with E-state index >= 15 is 0 Å². The second kappa shape index (κ2) is 6.54. The molecule has 5 nitrogen and oxygen atoms in total. The van der Waals surface area contributed by atoms with E-state index in [1.165, 1.54) is 0 Å². The number of aliphatic hydroxyl groups is 1. The van der Waals surface area contributed by atoms with Gasteiger partial charge in [0, 0.05) is 35.7 Å². The van der Waals surface area contributed by atoms with Gasteiger partial charge in [0.2, 0.25) is 5.91 Å². The number of amides is 2. The molecule has 3 rings (SSSR count). The topological polar surface area (TPSA) is 78.4 Å². The molecular weight excluding hydrogens is 292 g/mol. The van der Waals surface area contributed by atoms with Gasteiger partial charge in [0.05, 0.1) is 0 Å². The summed E-state index contributed by atoms with van der Waals surface area (Å²) < 4.78 is 0. The number of rotatable bonds is 5. The lowest BCUT2D eigenvalue weighted by molar-refractivity contribution is -0.117. The Kier molecular flexibility index (Phi) is 4.48. The maximum atomic E-state index is 12.3. The second-order valence-corrected chi connectivity index (χ2v) is 6.53. The van der Waals surface area contributed by atoms with Crippen LogP contribution in [0.2, 0.25) is 0 Å². The van der Waals surface area contributed by atoms with Gasteiger partial charge in [-0.3, -0.25) is 9.59 Å². The number of carbonyl (C=O) groups is 2. The van der Waals surface area contributed by atoms with Crippen molar-refractivity contribution in [3.8, 4) is 0 Å². The monoisotopic (exact) mass is 314 g/mol. The van der Waals surface area contributed by atoms with E-state index in [9.17, 15) is 9.59 Å². The Balaban J connectivity index is 1.59. The summed E-state index contributed by atoms with van der Waals surface area (Å²) in [6, 6.07) is 6.93. The quantitative estimate of drug-likeness (QED) is 0.727. The minimum absolute atomic E-state index is 0.0274. The van der Waals surface area contributed by atoms with Crippen molar-refractivity contribution < 1.29 is 14.7 Å². The summed E-state index contributed by atoms with van der Waals surface area (Å²) in [7, 11) is 0. The van der Waals surface area contributed by atoms with Crippen molar-refractivity contribution in [1.29, 1.82) is 0 Å². The van der Waals surface area contributed by atoms with Gasteiger partial charge in [-0.1, -0.05) is 25.1 Å². The molecule has 122 valence electrons. The molecule has 3 N–H and O–H groups in total. The number of aliphatic hydroxyl groups excluding tert-OH is 1. The summed E-state index contributed by atoms with van der Waals surface area (Å²) in [5.74, 6) is 0.529. The molecule has 0 saturated heterocycles. The second-order valence-electron chi connectivity index (χ2n) is 6.53. The fourth-order valence-electron chi connectivity index (χ4n) is 2.93. The number of carbonyl (C=O) groups excluding carboxylic acids is 2. The number of hydrogen-bond acceptors (Lipinski definition) is 3. The Morgan fingerprint density at radius 3 is 2.70 bits per heavy atom. The summed E-state index contributed by atoms with van der Waals surface area (Å²) in [4.78, 5) is 24.3. The van der Waals surface area contributed by atoms with Gasteiger partial charge in [-0.05, 0) is 37.0 Å². The van der Waals surface area contributed by atoms with E-state index in [0.717, 1.165) is 12.8 Å². The molecule has 0 aromatic heterocycles. The molecule has 2 aliphatic rings. The number of anilines is 1. The van der Waals surface area contributed by atoms with Crippen LogP contribution in [0, 0.1) is 17.8 Å². The third kappa shape index (κ3) is 3.79. The molecule has 1 aromatic carbocycles. The van der Waals surface area contributed by atoms with Crippen LogP contribution >= 0.6 is 0 Å². The predicted octanol–water partition coefficient (Wildman–Crippen LogP) is 1.95. The first kappa shape index (κ1) is 15.7. The Hall–Kier alpha value is -2.14. The third-order valence-electron chi connectivity index (χ3n) is 4.56. The van der Waals surface area contributed by atoms with Crippen molar-refractivity contribution in [2.24, 2.45) is 17.8 Å². The molecule has 1 fully saturated rings. The molecule has 1 aromatic rings. The number of nitrogens with one attached hydrogen (secondary N) is 2. The molecule has 2 amide bonds. The van der Waals surface area contributed by atoms with Gasteiger partial charge in [-0.25, -0.2) is 0 Å². The van der Waals surface area contributed by atoms with E-state index < -0.39 is 0 Å². The standard InChI is InChI=1S/C18H22N2O3/c1-11-7-16(11)18(23)20-14-4-2-3-13(9-14)17(22)19-15-6-5-12(8-15)10-21/h2-6,9,11-12,15-16,21H,7-8,10H2,1H3,(H,19,22)(H,20,23)/t11?,12-,15+,16?/m0/s1. The minimum Gasteiger partial charge on any atom is -0.396 e. The van der Waals surface area contributed by atoms with Crippen LogP contribution in [-0.2, 0) is 4.79 Å². The highest BCUT2D eigenvalue weighted by atomic mass is 16.3. The zero-order valence-corrected chi connectivity index (χ0v) is 13.2. The lowest BCUT2D eigenvalue weighted by atomic mass is 10.1. The van der Waals surface area contributed by atoms with Crippen LogP contribution in [-0.4, -0.2) is 29.6 Å². The molecule has 0 heterocycles. The summed E-state index contributed by atoms with van der Waals surface area (Å²) in [5.41, 5.74) is 1.17. The summed E-state index contributed by atoms with van der Waals surface area (Å²) in [6.45, 7) is 2.16. The van der Waals surface area contributed by atoms with Crippen molar-refractivity contribution >= 4 is 17.5 Å². The molecule has 1 saturated carbocycles. The van der Waals surface area contributed by atoms with Gasteiger partial charge in [-0.2, -0.15) is 0 Å². The SMILES string of the molecule is CC1CC1C(=O)Nc1cccc(C(=O)N[C@@H]2C=C[C@H](CO)C2)c1. The molecule has 23 heavy (non-hydrogen) atoms. The van der Waals surface area contributed by atoms with E-state index in [1.54, 1.807) is 24.3 Å². The third-order valence-corrected chi connectivity index (χ3v) is 4.56. The van der Waals surface area contributed by atoms with Crippen LogP contribution in [0.15, 0.2) is 36.4 Å². The Labute approximate surface area is 135 Å². The smallest absolute Gasteiger partial charge is 0.251 e. The molecule has 0 radical (unpaired) electrons. The Morgan fingerprint density at radius 2 is 2.04 bits per heavy atom. The van der Waals surface area contributed by atoms with Crippen LogP contribution in [0.1, 0.15) is 30.1 Å². The zero-order chi connectivity index (χ0) is 16.4. The average Bonchev–Trinajstić information content (AvgIpc) is 3.11. The maximum absolute atomic E-state index is 12.3. The summed E-state index contributed by atoms with van der Waals surface area (Å²) in [5, 5.41) is 14.9. The highest BCUT2D eigenvalue weighted by Gasteiger charge is 2.39. The fourth-order valence-corrected chi connectivity index (χ4v) is 2.93. The van der Waals surface area contributed by atoms with Crippen LogP contribution in [0.25, 0.3) is 0 Å². The molecule has 0 aliphatic heterocycles. The van der Waals surface area contributed by atoms with Crippen molar-refractivity contribution in [3.63, 3.8) is 0 Å². The van der Waals surface area contributed by atoms with E-state index in [1.807, 2.05) is 12.2 Å². The van der Waals surface area contributed by atoms with E-state index in [2.05, 4.69) is 17.6 Å². The molecule has 0 spiro atoms. The predicted molar refractivity (Wildman–Crippen MR) is 87.9 cm³/mol. The summed E-state index contributed by atoms with van der Waals surface area (Å²) >= 11 is 0. The van der Waals surface area contributed by atoms with Crippen LogP contribution in [0.4, 0.5) is 5.69 Å². The highest BCUT2D eigenvalue weighted by molar-refractivity contribution is 5.98. The van der Waals surface area contributed by atoms with Gasteiger partial charge < -0.3 is 15.7 Å². The number of hydrogen-bond donors (Lipinski definition) is 3. The molecule has 2 unspecified atom stereocenters. The van der Waals surface area contributed by atoms with Crippen molar-refractivity contribution in [2.45, 2.75) is 25.8 Å². The van der Waals surface area contributed by atoms with Gasteiger partial charge in [0.25, 0.3) is 5.91 Å². The molecule has 0 bridgehead atoms. The first-order valence-electron chi connectivity index (χ1n) is 8.08. The van der Waals surface area contributed by atoms with Crippen molar-refractivity contribution in [3.05, 3.63) is 42.0 Å².